The van der Waals surface area contributed by atoms with Crippen LogP contribution in [0.25, 0.3) is 0 Å². The summed E-state index contributed by atoms with van der Waals surface area (Å²) in [6, 6.07) is 17.8. The van der Waals surface area contributed by atoms with Crippen molar-refractivity contribution in [3.8, 4) is 11.8 Å². The zero-order chi connectivity index (χ0) is 29.6. The number of nitrogens with zero attached hydrogens (tertiary/aromatic N) is 2. The highest BCUT2D eigenvalue weighted by Crippen LogP contribution is 2.51. The summed E-state index contributed by atoms with van der Waals surface area (Å²) in [6.07, 6.45) is 0.868. The third-order valence-corrected chi connectivity index (χ3v) is 8.30. The Kier molecular flexibility index (Phi) is 7.63. The van der Waals surface area contributed by atoms with E-state index in [4.69, 9.17) is 33.7 Å². The van der Waals surface area contributed by atoms with Gasteiger partial charge in [0.2, 0.25) is 0 Å². The van der Waals surface area contributed by atoms with E-state index in [1.165, 1.54) is 12.1 Å². The fourth-order valence-corrected chi connectivity index (χ4v) is 6.14. The largest absolute Gasteiger partial charge is 0.489 e. The number of carbonyl (C=O) groups is 1. The smallest absolute Gasteiger partial charge is 0.162 e. The zero-order valence-electron chi connectivity index (χ0n) is 23.3. The fourth-order valence-electron chi connectivity index (χ4n) is 5.84. The number of anilines is 1. The molecule has 0 amide bonds. The van der Waals surface area contributed by atoms with E-state index in [0.717, 1.165) is 22.3 Å². The van der Waals surface area contributed by atoms with Gasteiger partial charge in [0.05, 0.1) is 22.6 Å². The molecule has 3 aromatic rings. The first-order valence-corrected chi connectivity index (χ1v) is 14.1. The molecule has 1 unspecified atom stereocenters. The van der Waals surface area contributed by atoms with Crippen LogP contribution in [0.2, 0.25) is 10.0 Å². The lowest BCUT2D eigenvalue weighted by molar-refractivity contribution is -0.118. The van der Waals surface area contributed by atoms with Crippen molar-refractivity contribution < 1.29 is 13.9 Å². The lowest BCUT2D eigenvalue weighted by Gasteiger charge is -2.44. The number of ketones is 1. The van der Waals surface area contributed by atoms with Crippen molar-refractivity contribution in [1.29, 1.82) is 5.26 Å². The predicted octanol–water partition coefficient (Wildman–Crippen LogP) is 8.27. The van der Waals surface area contributed by atoms with Crippen LogP contribution in [0.3, 0.4) is 0 Å². The third kappa shape index (κ3) is 5.45. The van der Waals surface area contributed by atoms with Crippen LogP contribution in [0.15, 0.2) is 77.3 Å². The fraction of sp³-hybridized carbons (Fsp3) is 0.273. The Balaban J connectivity index is 1.67. The Labute approximate surface area is 249 Å². The van der Waals surface area contributed by atoms with Crippen molar-refractivity contribution in [2.75, 3.05) is 4.90 Å². The molecular weight excluding hydrogens is 560 g/mol. The van der Waals surface area contributed by atoms with Gasteiger partial charge in [0.1, 0.15) is 24.0 Å². The van der Waals surface area contributed by atoms with Gasteiger partial charge in [-0.2, -0.15) is 5.26 Å². The van der Waals surface area contributed by atoms with E-state index in [1.54, 1.807) is 23.1 Å². The van der Waals surface area contributed by atoms with Gasteiger partial charge in [-0.1, -0.05) is 54.7 Å². The second kappa shape index (κ2) is 10.9. The normalized spacial score (nSPS) is 18.3. The summed E-state index contributed by atoms with van der Waals surface area (Å²) in [5.41, 5.74) is 12.1. The van der Waals surface area contributed by atoms with Gasteiger partial charge in [-0.05, 0) is 84.8 Å². The minimum absolute atomic E-state index is 0.0421. The SMILES string of the molecule is Cc1cc(COc2ccc(Cl)cc2)c(C)c(C2C(C#N)=C(N)N(c3ccc(F)c(Cl)c3)C3=C2C(=O)CC(C)(C)C3)c1. The number of Topliss-reactive ketones (excluding diaryl/α,β-unsaturated/α-hetero) is 1. The number of aryl methyl sites for hydroxylation is 1. The van der Waals surface area contributed by atoms with Gasteiger partial charge in [0, 0.05) is 28.4 Å². The monoisotopic (exact) mass is 589 g/mol. The summed E-state index contributed by atoms with van der Waals surface area (Å²) in [7, 11) is 0. The number of rotatable bonds is 5. The Bertz CT molecular complexity index is 1670. The number of ether oxygens (including phenoxy) is 1. The molecule has 1 heterocycles. The molecule has 0 spiro atoms. The number of hydrogen-bond donors (Lipinski definition) is 1. The Morgan fingerprint density at radius 2 is 1.80 bits per heavy atom. The molecule has 0 aromatic heterocycles. The Morgan fingerprint density at radius 1 is 1.10 bits per heavy atom. The van der Waals surface area contributed by atoms with Crippen LogP contribution in [-0.2, 0) is 11.4 Å². The summed E-state index contributed by atoms with van der Waals surface area (Å²) in [5.74, 6) is -0.380. The molecule has 3 aromatic carbocycles. The summed E-state index contributed by atoms with van der Waals surface area (Å²) >= 11 is 12.2. The maximum Gasteiger partial charge on any atom is 0.162 e. The molecule has 0 saturated carbocycles. The average molecular weight is 591 g/mol. The molecule has 5 nitrogen and oxygen atoms in total. The number of hydrogen-bond acceptors (Lipinski definition) is 5. The second-order valence-corrected chi connectivity index (χ2v) is 12.3. The second-order valence-electron chi connectivity index (χ2n) is 11.5. The molecule has 1 aliphatic carbocycles. The maximum atomic E-state index is 14.1. The van der Waals surface area contributed by atoms with E-state index in [-0.39, 0.29) is 27.6 Å². The van der Waals surface area contributed by atoms with Crippen molar-refractivity contribution in [3.63, 3.8) is 0 Å². The summed E-state index contributed by atoms with van der Waals surface area (Å²) in [6.45, 7) is 8.31. The Hall–Kier alpha value is -3.79. The van der Waals surface area contributed by atoms with Crippen molar-refractivity contribution in [2.24, 2.45) is 11.1 Å². The van der Waals surface area contributed by atoms with Crippen LogP contribution in [0.4, 0.5) is 10.1 Å². The molecule has 8 heteroatoms. The van der Waals surface area contributed by atoms with E-state index in [9.17, 15) is 14.4 Å². The number of halogens is 3. The number of carbonyl (C=O) groups excluding carboxylic acids is 1. The van der Waals surface area contributed by atoms with Crippen molar-refractivity contribution in [3.05, 3.63) is 115 Å². The van der Waals surface area contributed by atoms with Gasteiger partial charge in [0.25, 0.3) is 0 Å². The quantitative estimate of drug-likeness (QED) is 0.324. The molecule has 1 aliphatic heterocycles. The van der Waals surface area contributed by atoms with Gasteiger partial charge in [-0.25, -0.2) is 4.39 Å². The molecule has 0 saturated heterocycles. The number of benzene rings is 3. The van der Waals surface area contributed by atoms with Gasteiger partial charge in [-0.3, -0.25) is 9.69 Å². The summed E-state index contributed by atoms with van der Waals surface area (Å²) in [4.78, 5) is 15.6. The van der Waals surface area contributed by atoms with E-state index in [2.05, 4.69) is 6.07 Å². The van der Waals surface area contributed by atoms with Crippen molar-refractivity contribution >= 4 is 34.7 Å². The Morgan fingerprint density at radius 3 is 2.46 bits per heavy atom. The van der Waals surface area contributed by atoms with E-state index >= 15 is 0 Å². The molecule has 0 radical (unpaired) electrons. The maximum absolute atomic E-state index is 14.1. The van der Waals surface area contributed by atoms with Crippen LogP contribution < -0.4 is 15.4 Å². The van der Waals surface area contributed by atoms with Crippen LogP contribution in [0.1, 0.15) is 54.9 Å². The topological polar surface area (TPSA) is 79.3 Å². The first-order chi connectivity index (χ1) is 19.4. The minimum Gasteiger partial charge on any atom is -0.489 e. The van der Waals surface area contributed by atoms with Crippen LogP contribution in [0, 0.1) is 36.4 Å². The highest BCUT2D eigenvalue weighted by atomic mass is 35.5. The average Bonchev–Trinajstić information content (AvgIpc) is 2.90. The minimum atomic E-state index is -0.653. The van der Waals surface area contributed by atoms with Crippen LogP contribution >= 0.6 is 23.2 Å². The molecule has 0 fully saturated rings. The van der Waals surface area contributed by atoms with Crippen molar-refractivity contribution in [1.82, 2.24) is 0 Å². The third-order valence-electron chi connectivity index (χ3n) is 7.76. The van der Waals surface area contributed by atoms with E-state index in [1.807, 2.05) is 52.0 Å². The zero-order valence-corrected chi connectivity index (χ0v) is 24.8. The molecule has 210 valence electrons. The van der Waals surface area contributed by atoms with Gasteiger partial charge >= 0.3 is 0 Å². The van der Waals surface area contributed by atoms with Crippen molar-refractivity contribution in [2.45, 2.75) is 53.1 Å². The van der Waals surface area contributed by atoms with Gasteiger partial charge in [-0.15, -0.1) is 0 Å². The number of nitrogens with two attached hydrogens (primary N) is 1. The molecule has 2 aliphatic rings. The lowest BCUT2D eigenvalue weighted by atomic mass is 9.68. The van der Waals surface area contributed by atoms with Gasteiger partial charge in [0.15, 0.2) is 5.78 Å². The molecule has 41 heavy (non-hydrogen) atoms. The highest BCUT2D eigenvalue weighted by molar-refractivity contribution is 6.31. The van der Waals surface area contributed by atoms with E-state index < -0.39 is 11.7 Å². The predicted molar refractivity (Wildman–Crippen MR) is 160 cm³/mol. The number of allylic oxidation sites excluding steroid dienone is 3. The molecule has 0 bridgehead atoms. The standard InChI is InChI=1S/C33H30Cl2FN3O2/c1-18-11-20(17-41-23-8-5-21(34)6-9-23)19(2)24(12-18)30-25(16-37)32(38)39(22-7-10-27(36)26(35)13-22)28-14-33(3,4)15-29(40)31(28)30/h5-13,30H,14-15,17,38H2,1-4H3. The van der Waals surface area contributed by atoms with Crippen LogP contribution in [-0.4, -0.2) is 5.78 Å². The van der Waals surface area contributed by atoms with Crippen LogP contribution in [0.5, 0.6) is 5.75 Å². The molecule has 5 rings (SSSR count). The highest BCUT2D eigenvalue weighted by Gasteiger charge is 2.45. The summed E-state index contributed by atoms with van der Waals surface area (Å²) in [5, 5.41) is 11.0. The molecular formula is C33H30Cl2FN3O2. The lowest BCUT2D eigenvalue weighted by Crippen LogP contribution is -2.42. The first kappa shape index (κ1) is 28.7. The molecule has 2 N–H and O–H groups in total. The molecule has 1 atom stereocenters. The number of nitriles is 1. The van der Waals surface area contributed by atoms with E-state index in [0.29, 0.717) is 47.2 Å². The first-order valence-electron chi connectivity index (χ1n) is 13.3. The van der Waals surface area contributed by atoms with Gasteiger partial charge < -0.3 is 10.5 Å². The summed E-state index contributed by atoms with van der Waals surface area (Å²) < 4.78 is 20.1.